The van der Waals surface area contributed by atoms with Crippen molar-refractivity contribution in [3.05, 3.63) is 88.0 Å². The molecule has 4 rings (SSSR count). The Morgan fingerprint density at radius 1 is 0.967 bits per heavy atom. The standard InChI is InChI=1S/C21H15ClF4N4/c22-15-8-17-14(10-28-20(17)29-11-15)7-13-3-5-16(30-19(13)23)4-1-12-2-6-18(27-9-12)21(24,25)26/h2-3,5-6,8-11H,1,4,7H2,(H,28,29). The van der Waals surface area contributed by atoms with E-state index in [0.29, 0.717) is 46.8 Å². The van der Waals surface area contributed by atoms with Crippen LogP contribution in [-0.2, 0) is 25.4 Å². The molecule has 154 valence electrons. The minimum Gasteiger partial charge on any atom is -0.346 e. The Morgan fingerprint density at radius 2 is 1.80 bits per heavy atom. The summed E-state index contributed by atoms with van der Waals surface area (Å²) >= 11 is 6.00. The third-order valence-corrected chi connectivity index (χ3v) is 4.94. The van der Waals surface area contributed by atoms with Crippen LogP contribution in [0.1, 0.15) is 28.1 Å². The summed E-state index contributed by atoms with van der Waals surface area (Å²) in [5.41, 5.74) is 2.15. The van der Waals surface area contributed by atoms with Crippen LogP contribution < -0.4 is 0 Å². The first kappa shape index (κ1) is 20.3. The van der Waals surface area contributed by atoms with Crippen molar-refractivity contribution in [2.75, 3.05) is 0 Å². The fourth-order valence-electron chi connectivity index (χ4n) is 3.17. The lowest BCUT2D eigenvalue weighted by Crippen LogP contribution is -2.08. The molecule has 9 heteroatoms. The molecule has 4 heterocycles. The summed E-state index contributed by atoms with van der Waals surface area (Å²) in [4.78, 5) is 14.7. The Bertz CT molecular complexity index is 1190. The normalized spacial score (nSPS) is 11.9. The Kier molecular flexibility index (Phi) is 5.42. The van der Waals surface area contributed by atoms with Gasteiger partial charge in [-0.2, -0.15) is 17.6 Å². The Labute approximate surface area is 174 Å². The minimum absolute atomic E-state index is 0.323. The number of rotatable bonds is 5. The van der Waals surface area contributed by atoms with Gasteiger partial charge in [-0.1, -0.05) is 23.7 Å². The molecule has 0 saturated heterocycles. The number of hydrogen-bond donors (Lipinski definition) is 1. The number of H-pyrrole nitrogens is 1. The van der Waals surface area contributed by atoms with E-state index in [4.69, 9.17) is 11.6 Å². The van der Waals surface area contributed by atoms with Crippen molar-refractivity contribution in [1.29, 1.82) is 0 Å². The van der Waals surface area contributed by atoms with Crippen LogP contribution in [0.25, 0.3) is 11.0 Å². The second-order valence-electron chi connectivity index (χ2n) is 6.84. The summed E-state index contributed by atoms with van der Waals surface area (Å²) in [5, 5.41) is 1.32. The summed E-state index contributed by atoms with van der Waals surface area (Å²) in [6.07, 6.45) is 1.13. The second-order valence-corrected chi connectivity index (χ2v) is 7.28. The van der Waals surface area contributed by atoms with E-state index in [1.54, 1.807) is 24.4 Å². The molecule has 0 saturated carbocycles. The molecule has 0 aromatic carbocycles. The molecule has 0 radical (unpaired) electrons. The van der Waals surface area contributed by atoms with Gasteiger partial charge in [0.2, 0.25) is 5.95 Å². The average Bonchev–Trinajstić information content (AvgIpc) is 3.10. The molecule has 4 aromatic rings. The largest absolute Gasteiger partial charge is 0.433 e. The summed E-state index contributed by atoms with van der Waals surface area (Å²) in [7, 11) is 0. The van der Waals surface area contributed by atoms with Crippen molar-refractivity contribution in [3.8, 4) is 0 Å². The maximum Gasteiger partial charge on any atom is 0.433 e. The second kappa shape index (κ2) is 8.02. The van der Waals surface area contributed by atoms with E-state index >= 15 is 0 Å². The Balaban J connectivity index is 1.44. The maximum atomic E-state index is 14.5. The zero-order valence-electron chi connectivity index (χ0n) is 15.5. The van der Waals surface area contributed by atoms with Crippen LogP contribution in [-0.4, -0.2) is 19.9 Å². The lowest BCUT2D eigenvalue weighted by molar-refractivity contribution is -0.141. The monoisotopic (exact) mass is 434 g/mol. The lowest BCUT2D eigenvalue weighted by Gasteiger charge is -2.07. The van der Waals surface area contributed by atoms with Crippen molar-refractivity contribution < 1.29 is 17.6 Å². The van der Waals surface area contributed by atoms with Crippen molar-refractivity contribution in [1.82, 2.24) is 19.9 Å². The summed E-state index contributed by atoms with van der Waals surface area (Å²) in [6.45, 7) is 0. The molecular formula is C21H15ClF4N4. The van der Waals surface area contributed by atoms with E-state index in [1.807, 2.05) is 0 Å². The van der Waals surface area contributed by atoms with Crippen LogP contribution in [0.4, 0.5) is 17.6 Å². The van der Waals surface area contributed by atoms with Crippen LogP contribution >= 0.6 is 11.6 Å². The Morgan fingerprint density at radius 3 is 2.50 bits per heavy atom. The average molecular weight is 435 g/mol. The first-order valence-electron chi connectivity index (χ1n) is 9.07. The van der Waals surface area contributed by atoms with Crippen LogP contribution in [0.5, 0.6) is 0 Å². The number of nitrogens with one attached hydrogen (secondary N) is 1. The molecule has 0 spiro atoms. The molecule has 0 fully saturated rings. The van der Waals surface area contributed by atoms with E-state index in [1.165, 1.54) is 18.5 Å². The van der Waals surface area contributed by atoms with Gasteiger partial charge in [-0.05, 0) is 42.2 Å². The molecule has 0 atom stereocenters. The topological polar surface area (TPSA) is 54.5 Å². The first-order valence-corrected chi connectivity index (χ1v) is 9.45. The number of aromatic nitrogens is 4. The van der Waals surface area contributed by atoms with E-state index in [2.05, 4.69) is 19.9 Å². The molecule has 1 N–H and O–H groups in total. The number of pyridine rings is 3. The molecule has 0 bridgehead atoms. The molecular weight excluding hydrogens is 420 g/mol. The molecule has 0 aliphatic heterocycles. The number of aryl methyl sites for hydroxylation is 2. The molecule has 4 aromatic heterocycles. The third kappa shape index (κ3) is 4.43. The van der Waals surface area contributed by atoms with E-state index in [0.717, 1.165) is 17.0 Å². The van der Waals surface area contributed by atoms with Crippen LogP contribution in [0, 0.1) is 5.95 Å². The van der Waals surface area contributed by atoms with Gasteiger partial charge in [0, 0.05) is 41.7 Å². The number of halogens is 5. The number of nitrogens with zero attached hydrogens (tertiary/aromatic N) is 3. The molecule has 0 aliphatic carbocycles. The van der Waals surface area contributed by atoms with Gasteiger partial charge in [0.1, 0.15) is 11.3 Å². The predicted octanol–water partition coefficient (Wildman–Crippen LogP) is 5.54. The predicted molar refractivity (Wildman–Crippen MR) is 105 cm³/mol. The fraction of sp³-hybridized carbons (Fsp3) is 0.190. The summed E-state index contributed by atoms with van der Waals surface area (Å²) < 4.78 is 52.2. The van der Waals surface area contributed by atoms with Gasteiger partial charge in [-0.15, -0.1) is 0 Å². The Hall–Kier alpha value is -3.00. The van der Waals surface area contributed by atoms with Crippen molar-refractivity contribution >= 4 is 22.6 Å². The highest BCUT2D eigenvalue weighted by Gasteiger charge is 2.31. The first-order chi connectivity index (χ1) is 14.3. The molecule has 0 amide bonds. The van der Waals surface area contributed by atoms with Gasteiger partial charge in [0.15, 0.2) is 0 Å². The van der Waals surface area contributed by atoms with Gasteiger partial charge in [-0.3, -0.25) is 4.98 Å². The zero-order chi connectivity index (χ0) is 21.3. The van der Waals surface area contributed by atoms with Crippen molar-refractivity contribution in [2.45, 2.75) is 25.4 Å². The van der Waals surface area contributed by atoms with E-state index < -0.39 is 17.8 Å². The highest BCUT2D eigenvalue weighted by molar-refractivity contribution is 6.31. The van der Waals surface area contributed by atoms with Gasteiger partial charge in [-0.25, -0.2) is 9.97 Å². The summed E-state index contributed by atoms with van der Waals surface area (Å²) in [5.74, 6) is -0.581. The van der Waals surface area contributed by atoms with Gasteiger partial charge in [0.25, 0.3) is 0 Å². The smallest absolute Gasteiger partial charge is 0.346 e. The highest BCUT2D eigenvalue weighted by atomic mass is 35.5. The van der Waals surface area contributed by atoms with Crippen LogP contribution in [0.2, 0.25) is 5.02 Å². The minimum atomic E-state index is -4.47. The van der Waals surface area contributed by atoms with Gasteiger partial charge >= 0.3 is 6.18 Å². The molecule has 30 heavy (non-hydrogen) atoms. The third-order valence-electron chi connectivity index (χ3n) is 4.73. The zero-order valence-corrected chi connectivity index (χ0v) is 16.2. The highest BCUT2D eigenvalue weighted by Crippen LogP contribution is 2.27. The number of aromatic amines is 1. The number of fused-ring (bicyclic) bond motifs is 1. The van der Waals surface area contributed by atoms with Crippen molar-refractivity contribution in [3.63, 3.8) is 0 Å². The fourth-order valence-corrected chi connectivity index (χ4v) is 3.33. The van der Waals surface area contributed by atoms with Crippen molar-refractivity contribution in [2.24, 2.45) is 0 Å². The quantitative estimate of drug-likeness (QED) is 0.331. The van der Waals surface area contributed by atoms with Crippen LogP contribution in [0.3, 0.4) is 0 Å². The summed E-state index contributed by atoms with van der Waals surface area (Å²) in [6, 6.07) is 7.47. The van der Waals surface area contributed by atoms with E-state index in [9.17, 15) is 17.6 Å². The van der Waals surface area contributed by atoms with Gasteiger partial charge in [0.05, 0.1) is 5.02 Å². The number of alkyl halides is 3. The molecule has 4 nitrogen and oxygen atoms in total. The molecule has 0 aliphatic rings. The maximum absolute atomic E-state index is 14.5. The molecule has 0 unspecified atom stereocenters. The lowest BCUT2D eigenvalue weighted by atomic mass is 10.0. The van der Waals surface area contributed by atoms with E-state index in [-0.39, 0.29) is 0 Å². The number of hydrogen-bond acceptors (Lipinski definition) is 3. The SMILES string of the molecule is Fc1nc(CCc2ccc(C(F)(F)F)nc2)ccc1Cc1c[nH]c2ncc(Cl)cc12. The van der Waals surface area contributed by atoms with Crippen LogP contribution in [0.15, 0.2) is 48.9 Å². The van der Waals surface area contributed by atoms with Gasteiger partial charge < -0.3 is 4.98 Å².